The average molecular weight is 412 g/mol. The highest BCUT2D eigenvalue weighted by Gasteiger charge is 2.41. The van der Waals surface area contributed by atoms with E-state index in [1.807, 2.05) is 66.7 Å². The molecule has 2 amide bonds. The lowest BCUT2D eigenvalue weighted by molar-refractivity contribution is -0.120. The maximum absolute atomic E-state index is 13.6. The molecule has 3 aromatic carbocycles. The van der Waals surface area contributed by atoms with E-state index in [-0.39, 0.29) is 11.6 Å². The second kappa shape index (κ2) is 8.48. The molecule has 5 nitrogen and oxygen atoms in total. The highest BCUT2D eigenvalue weighted by molar-refractivity contribution is 6.46. The first-order valence-corrected chi connectivity index (χ1v) is 10.2. The SMILES string of the molecule is COc1ccccc1C1=C(Nc2ccccc2)C(=O)N(c2ccc(C(C)C)cc2)C1=O. The standard InChI is InChI=1S/C26H24N2O3/c1-17(2)18-13-15-20(16-14-18)28-25(29)23(21-11-7-8-12-22(21)31-3)24(26(28)30)27-19-9-5-4-6-10-19/h4-17,27H,1-3H3. The zero-order valence-corrected chi connectivity index (χ0v) is 17.8. The summed E-state index contributed by atoms with van der Waals surface area (Å²) in [6.45, 7) is 4.20. The van der Waals surface area contributed by atoms with Crippen molar-refractivity contribution in [2.45, 2.75) is 19.8 Å². The zero-order valence-electron chi connectivity index (χ0n) is 17.8. The molecule has 1 N–H and O–H groups in total. The van der Waals surface area contributed by atoms with Gasteiger partial charge in [-0.05, 0) is 41.8 Å². The van der Waals surface area contributed by atoms with Gasteiger partial charge in [-0.3, -0.25) is 9.59 Å². The molecule has 0 bridgehead atoms. The van der Waals surface area contributed by atoms with Gasteiger partial charge in [0.25, 0.3) is 11.8 Å². The van der Waals surface area contributed by atoms with Gasteiger partial charge in [-0.15, -0.1) is 0 Å². The Bertz CT molecular complexity index is 1150. The number of rotatable bonds is 6. The van der Waals surface area contributed by atoms with Gasteiger partial charge >= 0.3 is 0 Å². The molecule has 156 valence electrons. The number of para-hydroxylation sites is 2. The second-order valence-electron chi connectivity index (χ2n) is 7.63. The monoisotopic (exact) mass is 412 g/mol. The van der Waals surface area contributed by atoms with E-state index in [2.05, 4.69) is 19.2 Å². The first-order valence-electron chi connectivity index (χ1n) is 10.2. The van der Waals surface area contributed by atoms with Gasteiger partial charge in [-0.1, -0.05) is 62.4 Å². The Kier molecular flexibility index (Phi) is 5.58. The first kappa shape index (κ1) is 20.4. The molecule has 0 aliphatic carbocycles. The Morgan fingerprint density at radius 1 is 0.806 bits per heavy atom. The number of anilines is 2. The van der Waals surface area contributed by atoms with Crippen LogP contribution in [0.1, 0.15) is 30.9 Å². The summed E-state index contributed by atoms with van der Waals surface area (Å²) in [4.78, 5) is 28.2. The number of methoxy groups -OCH3 is 1. The minimum Gasteiger partial charge on any atom is -0.496 e. The Hall–Kier alpha value is -3.86. The van der Waals surface area contributed by atoms with Crippen LogP contribution >= 0.6 is 0 Å². The minimum absolute atomic E-state index is 0.230. The van der Waals surface area contributed by atoms with E-state index in [0.29, 0.717) is 28.5 Å². The van der Waals surface area contributed by atoms with Crippen LogP contribution in [0.5, 0.6) is 5.75 Å². The van der Waals surface area contributed by atoms with Crippen molar-refractivity contribution in [2.24, 2.45) is 0 Å². The Morgan fingerprint density at radius 3 is 2.10 bits per heavy atom. The van der Waals surface area contributed by atoms with E-state index < -0.39 is 5.91 Å². The van der Waals surface area contributed by atoms with Crippen molar-refractivity contribution in [1.82, 2.24) is 0 Å². The summed E-state index contributed by atoms with van der Waals surface area (Å²) in [5.74, 6) is 0.108. The molecule has 1 aliphatic heterocycles. The molecule has 0 unspecified atom stereocenters. The molecule has 0 saturated carbocycles. The fraction of sp³-hybridized carbons (Fsp3) is 0.154. The van der Waals surface area contributed by atoms with Crippen LogP contribution in [0.15, 0.2) is 84.6 Å². The molecule has 5 heteroatoms. The van der Waals surface area contributed by atoms with Gasteiger partial charge < -0.3 is 10.1 Å². The molecule has 0 fully saturated rings. The number of nitrogens with zero attached hydrogens (tertiary/aromatic N) is 1. The van der Waals surface area contributed by atoms with Crippen molar-refractivity contribution in [3.8, 4) is 5.75 Å². The van der Waals surface area contributed by atoms with Crippen LogP contribution in [0, 0.1) is 0 Å². The topological polar surface area (TPSA) is 58.6 Å². The molecular weight excluding hydrogens is 388 g/mol. The number of carbonyl (C=O) groups is 2. The second-order valence-corrected chi connectivity index (χ2v) is 7.63. The number of hydrogen-bond donors (Lipinski definition) is 1. The van der Waals surface area contributed by atoms with Crippen molar-refractivity contribution in [3.63, 3.8) is 0 Å². The maximum Gasteiger partial charge on any atom is 0.282 e. The summed E-state index contributed by atoms with van der Waals surface area (Å²) in [6, 6.07) is 24.1. The third-order valence-electron chi connectivity index (χ3n) is 5.32. The Morgan fingerprint density at radius 2 is 1.45 bits per heavy atom. The lowest BCUT2D eigenvalue weighted by atomic mass is 10.0. The Labute approximate surface area is 182 Å². The summed E-state index contributed by atoms with van der Waals surface area (Å²) in [5.41, 5.74) is 3.50. The van der Waals surface area contributed by atoms with Crippen LogP contribution in [0.3, 0.4) is 0 Å². The van der Waals surface area contributed by atoms with Crippen molar-refractivity contribution in [1.29, 1.82) is 0 Å². The van der Waals surface area contributed by atoms with Crippen molar-refractivity contribution in [3.05, 3.63) is 95.7 Å². The number of amides is 2. The van der Waals surface area contributed by atoms with E-state index >= 15 is 0 Å². The summed E-state index contributed by atoms with van der Waals surface area (Å²) in [7, 11) is 1.55. The highest BCUT2D eigenvalue weighted by Crippen LogP contribution is 2.37. The lowest BCUT2D eigenvalue weighted by Gasteiger charge is -2.17. The number of imide groups is 1. The molecular formula is C26H24N2O3. The predicted octanol–water partition coefficient (Wildman–Crippen LogP) is 5.22. The van der Waals surface area contributed by atoms with E-state index in [1.165, 1.54) is 4.90 Å². The minimum atomic E-state index is -0.396. The Balaban J connectivity index is 1.82. The van der Waals surface area contributed by atoms with Crippen LogP contribution in [0.4, 0.5) is 11.4 Å². The van der Waals surface area contributed by atoms with Gasteiger partial charge in [0.2, 0.25) is 0 Å². The molecule has 0 aromatic heterocycles. The predicted molar refractivity (Wildman–Crippen MR) is 123 cm³/mol. The van der Waals surface area contributed by atoms with Crippen LogP contribution < -0.4 is 15.0 Å². The van der Waals surface area contributed by atoms with E-state index in [0.717, 1.165) is 11.3 Å². The van der Waals surface area contributed by atoms with Gasteiger partial charge in [0, 0.05) is 11.3 Å². The number of ether oxygens (including phenoxy) is 1. The summed E-state index contributed by atoms with van der Waals surface area (Å²) >= 11 is 0. The summed E-state index contributed by atoms with van der Waals surface area (Å²) < 4.78 is 5.48. The van der Waals surface area contributed by atoms with E-state index in [1.54, 1.807) is 19.2 Å². The molecule has 1 aliphatic rings. The molecule has 0 atom stereocenters. The summed E-state index contributed by atoms with van der Waals surface area (Å²) in [6.07, 6.45) is 0. The van der Waals surface area contributed by atoms with Gasteiger partial charge in [0.05, 0.1) is 18.4 Å². The maximum atomic E-state index is 13.6. The number of hydrogen-bond acceptors (Lipinski definition) is 4. The molecule has 0 saturated heterocycles. The third-order valence-corrected chi connectivity index (χ3v) is 5.32. The molecule has 0 spiro atoms. The zero-order chi connectivity index (χ0) is 22.0. The first-order chi connectivity index (χ1) is 15.0. The van der Waals surface area contributed by atoms with Gasteiger partial charge in [-0.25, -0.2) is 4.90 Å². The van der Waals surface area contributed by atoms with Crippen molar-refractivity contribution < 1.29 is 14.3 Å². The number of benzene rings is 3. The lowest BCUT2D eigenvalue weighted by Crippen LogP contribution is -2.32. The summed E-state index contributed by atoms with van der Waals surface area (Å²) in [5, 5.41) is 3.16. The van der Waals surface area contributed by atoms with Crippen LogP contribution in [-0.2, 0) is 9.59 Å². The van der Waals surface area contributed by atoms with Crippen molar-refractivity contribution in [2.75, 3.05) is 17.3 Å². The van der Waals surface area contributed by atoms with E-state index in [4.69, 9.17) is 4.74 Å². The molecule has 31 heavy (non-hydrogen) atoms. The normalized spacial score (nSPS) is 13.9. The largest absolute Gasteiger partial charge is 0.496 e. The third kappa shape index (κ3) is 3.82. The molecule has 4 rings (SSSR count). The highest BCUT2D eigenvalue weighted by atomic mass is 16.5. The number of nitrogens with one attached hydrogen (secondary N) is 1. The van der Waals surface area contributed by atoms with Crippen LogP contribution in [-0.4, -0.2) is 18.9 Å². The fourth-order valence-corrected chi connectivity index (χ4v) is 3.66. The molecule has 3 aromatic rings. The van der Waals surface area contributed by atoms with Gasteiger partial charge in [-0.2, -0.15) is 0 Å². The van der Waals surface area contributed by atoms with E-state index in [9.17, 15) is 9.59 Å². The smallest absolute Gasteiger partial charge is 0.282 e. The number of carbonyl (C=O) groups excluding carboxylic acids is 2. The fourth-order valence-electron chi connectivity index (χ4n) is 3.66. The van der Waals surface area contributed by atoms with Gasteiger partial charge in [0.15, 0.2) is 0 Å². The van der Waals surface area contributed by atoms with Gasteiger partial charge in [0.1, 0.15) is 11.4 Å². The van der Waals surface area contributed by atoms with Crippen LogP contribution in [0.2, 0.25) is 0 Å². The molecule has 0 radical (unpaired) electrons. The van der Waals surface area contributed by atoms with Crippen LogP contribution in [0.25, 0.3) is 5.57 Å². The quantitative estimate of drug-likeness (QED) is 0.564. The average Bonchev–Trinajstić information content (AvgIpc) is 3.03. The molecule has 1 heterocycles. The van der Waals surface area contributed by atoms with Crippen molar-refractivity contribution >= 4 is 28.8 Å².